The van der Waals surface area contributed by atoms with Gasteiger partial charge in [-0.15, -0.1) is 0 Å². The van der Waals surface area contributed by atoms with E-state index in [0.29, 0.717) is 24.8 Å². The number of para-hydroxylation sites is 1. The second-order valence-electron chi connectivity index (χ2n) is 6.16. The number of benzene rings is 1. The minimum atomic E-state index is -0.281. The Kier molecular flexibility index (Phi) is 5.80. The summed E-state index contributed by atoms with van der Waals surface area (Å²) in [7, 11) is 0. The lowest BCUT2D eigenvalue weighted by molar-refractivity contribution is 0.242. The highest BCUT2D eigenvalue weighted by atomic mass is 19.1. The molecule has 0 bridgehead atoms. The number of nitrogens with one attached hydrogen (secondary N) is 1. The fourth-order valence-electron chi connectivity index (χ4n) is 1.56. The molecule has 1 unspecified atom stereocenters. The normalized spacial score (nSPS) is 13.4. The van der Waals surface area contributed by atoms with Crippen LogP contribution in [0.4, 0.5) is 4.39 Å². The fourth-order valence-corrected chi connectivity index (χ4v) is 1.56. The van der Waals surface area contributed by atoms with E-state index >= 15 is 0 Å². The van der Waals surface area contributed by atoms with Crippen LogP contribution in [-0.2, 0) is 6.54 Å². The van der Waals surface area contributed by atoms with Crippen molar-refractivity contribution in [3.8, 4) is 5.75 Å². The topological polar surface area (TPSA) is 21.3 Å². The van der Waals surface area contributed by atoms with Crippen molar-refractivity contribution in [1.82, 2.24) is 5.32 Å². The molecule has 0 saturated heterocycles. The van der Waals surface area contributed by atoms with Crippen LogP contribution < -0.4 is 10.1 Å². The van der Waals surface area contributed by atoms with Crippen LogP contribution in [-0.4, -0.2) is 12.1 Å². The molecule has 19 heavy (non-hydrogen) atoms. The monoisotopic (exact) mass is 267 g/mol. The maximum Gasteiger partial charge on any atom is 0.165 e. The smallest absolute Gasteiger partial charge is 0.165 e. The van der Waals surface area contributed by atoms with E-state index in [1.165, 1.54) is 6.07 Å². The molecule has 3 heteroatoms. The molecule has 1 aromatic rings. The summed E-state index contributed by atoms with van der Waals surface area (Å²) in [5.41, 5.74) is 0.874. The zero-order valence-electron chi connectivity index (χ0n) is 12.7. The Bertz CT molecular complexity index is 398. The fraction of sp³-hybridized carbons (Fsp3) is 0.625. The zero-order chi connectivity index (χ0) is 14.5. The number of rotatable bonds is 6. The first-order chi connectivity index (χ1) is 8.83. The van der Waals surface area contributed by atoms with E-state index in [0.717, 1.165) is 12.0 Å². The minimum absolute atomic E-state index is 0.000295. The Labute approximate surface area is 116 Å². The lowest BCUT2D eigenvalue weighted by Gasteiger charge is -2.22. The van der Waals surface area contributed by atoms with Crippen LogP contribution in [0.25, 0.3) is 0 Å². The van der Waals surface area contributed by atoms with Gasteiger partial charge in [0.05, 0.1) is 6.61 Å². The average Bonchev–Trinajstić information content (AvgIpc) is 2.33. The van der Waals surface area contributed by atoms with E-state index in [2.05, 4.69) is 39.9 Å². The van der Waals surface area contributed by atoms with Gasteiger partial charge in [0.1, 0.15) is 0 Å². The Morgan fingerprint density at radius 1 is 1.32 bits per heavy atom. The predicted molar refractivity (Wildman–Crippen MR) is 77.9 cm³/mol. The van der Waals surface area contributed by atoms with Crippen LogP contribution >= 0.6 is 0 Å². The van der Waals surface area contributed by atoms with Crippen molar-refractivity contribution < 1.29 is 9.13 Å². The molecule has 0 amide bonds. The molecule has 0 aliphatic heterocycles. The first kappa shape index (κ1) is 16.0. The van der Waals surface area contributed by atoms with Crippen molar-refractivity contribution in [1.29, 1.82) is 0 Å². The summed E-state index contributed by atoms with van der Waals surface area (Å²) in [6.07, 6.45) is 1.03. The first-order valence-electron chi connectivity index (χ1n) is 6.98. The number of halogens is 1. The van der Waals surface area contributed by atoms with Gasteiger partial charge < -0.3 is 10.1 Å². The zero-order valence-corrected chi connectivity index (χ0v) is 12.7. The molecule has 2 nitrogen and oxygen atoms in total. The molecule has 0 aliphatic rings. The van der Waals surface area contributed by atoms with Gasteiger partial charge in [-0.2, -0.15) is 0 Å². The van der Waals surface area contributed by atoms with Crippen molar-refractivity contribution in [2.75, 3.05) is 6.61 Å². The summed E-state index contributed by atoms with van der Waals surface area (Å²) >= 11 is 0. The van der Waals surface area contributed by atoms with Gasteiger partial charge in [0.25, 0.3) is 0 Å². The maximum absolute atomic E-state index is 13.9. The van der Waals surface area contributed by atoms with Crippen LogP contribution in [0.3, 0.4) is 0 Å². The highest BCUT2D eigenvalue weighted by Gasteiger charge is 2.14. The first-order valence-corrected chi connectivity index (χ1v) is 6.98. The van der Waals surface area contributed by atoms with Gasteiger partial charge in [0.15, 0.2) is 11.6 Å². The van der Waals surface area contributed by atoms with Gasteiger partial charge in [-0.25, -0.2) is 4.39 Å². The molecule has 0 spiro atoms. The molecule has 0 aromatic heterocycles. The van der Waals surface area contributed by atoms with E-state index in [-0.39, 0.29) is 11.4 Å². The Morgan fingerprint density at radius 2 is 2.00 bits per heavy atom. The molecule has 1 aromatic carbocycles. The lowest BCUT2D eigenvalue weighted by atomic mass is 10.1. The Hall–Kier alpha value is -1.09. The highest BCUT2D eigenvalue weighted by molar-refractivity contribution is 5.35. The average molecular weight is 267 g/mol. The van der Waals surface area contributed by atoms with Crippen molar-refractivity contribution in [3.63, 3.8) is 0 Å². The molecule has 0 radical (unpaired) electrons. The highest BCUT2D eigenvalue weighted by Crippen LogP contribution is 2.24. The van der Waals surface area contributed by atoms with E-state index < -0.39 is 0 Å². The maximum atomic E-state index is 13.9. The van der Waals surface area contributed by atoms with Crippen LogP contribution in [0.1, 0.15) is 46.6 Å². The standard InChI is InChI=1S/C16H26FNO/c1-6-12(2)11-19-15-13(8-7-9-14(15)17)10-18-16(3,4)5/h7-9,12,18H,6,10-11H2,1-5H3. The Morgan fingerprint density at radius 3 is 2.58 bits per heavy atom. The number of hydrogen-bond acceptors (Lipinski definition) is 2. The van der Waals surface area contributed by atoms with Crippen molar-refractivity contribution in [2.24, 2.45) is 5.92 Å². The third-order valence-corrected chi connectivity index (χ3v) is 3.07. The molecule has 1 rings (SSSR count). The van der Waals surface area contributed by atoms with Gasteiger partial charge >= 0.3 is 0 Å². The summed E-state index contributed by atoms with van der Waals surface area (Å²) in [6, 6.07) is 5.09. The van der Waals surface area contributed by atoms with Crippen molar-refractivity contribution in [3.05, 3.63) is 29.6 Å². The summed E-state index contributed by atoms with van der Waals surface area (Å²) in [6.45, 7) is 11.6. The predicted octanol–water partition coefficient (Wildman–Crippen LogP) is 4.14. The number of hydrogen-bond donors (Lipinski definition) is 1. The molecule has 0 saturated carbocycles. The van der Waals surface area contributed by atoms with Gasteiger partial charge in [-0.3, -0.25) is 0 Å². The molecular weight excluding hydrogens is 241 g/mol. The van der Waals surface area contributed by atoms with Crippen LogP contribution in [0.5, 0.6) is 5.75 Å². The summed E-state index contributed by atoms with van der Waals surface area (Å²) < 4.78 is 19.5. The molecule has 1 atom stereocenters. The molecule has 108 valence electrons. The van der Waals surface area contributed by atoms with E-state index in [4.69, 9.17) is 4.74 Å². The van der Waals surface area contributed by atoms with Gasteiger partial charge in [0, 0.05) is 17.6 Å². The summed E-state index contributed by atoms with van der Waals surface area (Å²) in [4.78, 5) is 0. The SMILES string of the molecule is CCC(C)COc1c(F)cccc1CNC(C)(C)C. The van der Waals surface area contributed by atoms with E-state index in [9.17, 15) is 4.39 Å². The molecule has 0 heterocycles. The third-order valence-electron chi connectivity index (χ3n) is 3.07. The number of ether oxygens (including phenoxy) is 1. The van der Waals surface area contributed by atoms with Crippen molar-refractivity contribution >= 4 is 0 Å². The minimum Gasteiger partial charge on any atom is -0.490 e. The van der Waals surface area contributed by atoms with Crippen LogP contribution in [0.15, 0.2) is 18.2 Å². The quantitative estimate of drug-likeness (QED) is 0.836. The van der Waals surface area contributed by atoms with Crippen LogP contribution in [0, 0.1) is 11.7 Å². The van der Waals surface area contributed by atoms with Gasteiger partial charge in [-0.1, -0.05) is 32.4 Å². The van der Waals surface area contributed by atoms with Gasteiger partial charge in [-0.05, 0) is 32.8 Å². The van der Waals surface area contributed by atoms with Gasteiger partial charge in [0.2, 0.25) is 0 Å². The summed E-state index contributed by atoms with van der Waals surface area (Å²) in [5.74, 6) is 0.541. The Balaban J connectivity index is 2.77. The van der Waals surface area contributed by atoms with Crippen LogP contribution in [0.2, 0.25) is 0 Å². The molecular formula is C16H26FNO. The summed E-state index contributed by atoms with van der Waals surface area (Å²) in [5, 5.41) is 3.36. The van der Waals surface area contributed by atoms with Crippen molar-refractivity contribution in [2.45, 2.75) is 53.1 Å². The molecule has 0 aliphatic carbocycles. The largest absolute Gasteiger partial charge is 0.490 e. The third kappa shape index (κ3) is 5.60. The second kappa shape index (κ2) is 6.90. The van der Waals surface area contributed by atoms with E-state index in [1.807, 2.05) is 6.07 Å². The lowest BCUT2D eigenvalue weighted by Crippen LogP contribution is -2.35. The molecule has 0 fully saturated rings. The molecule has 1 N–H and O–H groups in total. The van der Waals surface area contributed by atoms with E-state index in [1.54, 1.807) is 6.07 Å². The second-order valence-corrected chi connectivity index (χ2v) is 6.16.